The molecule has 168 valence electrons. The number of ketones is 1. The topological polar surface area (TPSA) is 61.2 Å². The van der Waals surface area contributed by atoms with Crippen molar-refractivity contribution in [1.82, 2.24) is 0 Å². The Bertz CT molecular complexity index is 1500. The number of amides is 1. The van der Waals surface area contributed by atoms with Crippen LogP contribution in [0.2, 0.25) is 0 Å². The fourth-order valence-corrected chi connectivity index (χ4v) is 5.86. The number of Topliss-reactive ketones (excluding diaryl/α,β-unsaturated/α-hetero) is 1. The van der Waals surface area contributed by atoms with E-state index in [2.05, 4.69) is 6.07 Å². The van der Waals surface area contributed by atoms with Crippen molar-refractivity contribution < 1.29 is 9.59 Å². The van der Waals surface area contributed by atoms with E-state index in [0.29, 0.717) is 17.7 Å². The van der Waals surface area contributed by atoms with Crippen molar-refractivity contribution in [3.63, 3.8) is 0 Å². The van der Waals surface area contributed by atoms with Gasteiger partial charge in [0.1, 0.15) is 5.41 Å². The van der Waals surface area contributed by atoms with Crippen molar-refractivity contribution in [2.75, 3.05) is 4.90 Å². The third-order valence-electron chi connectivity index (χ3n) is 7.39. The zero-order chi connectivity index (χ0) is 24.0. The molecule has 0 N–H and O–H groups in total. The average Bonchev–Trinajstić information content (AvgIpc) is 3.15. The van der Waals surface area contributed by atoms with Gasteiger partial charge in [0.2, 0.25) is 5.91 Å². The minimum Gasteiger partial charge on any atom is -0.307 e. The highest BCUT2D eigenvalue weighted by Gasteiger charge is 2.60. The van der Waals surface area contributed by atoms with E-state index in [9.17, 15) is 14.9 Å². The Hall–Kier alpha value is -4.49. The van der Waals surface area contributed by atoms with Gasteiger partial charge in [-0.1, -0.05) is 84.9 Å². The Kier molecular flexibility index (Phi) is 4.86. The molecular weight excluding hydrogens is 432 g/mol. The lowest BCUT2D eigenvalue weighted by Gasteiger charge is -2.41. The number of anilines is 1. The van der Waals surface area contributed by atoms with E-state index in [1.165, 1.54) is 0 Å². The van der Waals surface area contributed by atoms with Crippen LogP contribution in [0, 0.1) is 11.3 Å². The minimum absolute atomic E-state index is 0.0168. The Balaban J connectivity index is 1.62. The molecule has 1 heterocycles. The van der Waals surface area contributed by atoms with Gasteiger partial charge in [-0.25, -0.2) is 0 Å². The van der Waals surface area contributed by atoms with Gasteiger partial charge in [0, 0.05) is 23.6 Å². The van der Waals surface area contributed by atoms with Gasteiger partial charge >= 0.3 is 0 Å². The number of hydrogen-bond acceptors (Lipinski definition) is 3. The smallest absolute Gasteiger partial charge is 0.243 e. The van der Waals surface area contributed by atoms with Crippen molar-refractivity contribution in [1.29, 1.82) is 5.26 Å². The molecule has 0 fully saturated rings. The average molecular weight is 455 g/mol. The standard InChI is InChI=1S/C31H22N2O2/c32-19-21-14-16-23(17-15-21)27-18-29(34)24-10-4-5-11-25(24)31(27)26-12-6-7-13-28(26)33(30(31)35)20-22-8-2-1-3-9-22/h1-17,27H,18,20H2/t27-,31?/m0/s1. The lowest BCUT2D eigenvalue weighted by Crippen LogP contribution is -2.49. The second-order valence-electron chi connectivity index (χ2n) is 9.16. The maximum Gasteiger partial charge on any atom is 0.243 e. The fraction of sp³-hybridized carbons (Fsp3) is 0.129. The summed E-state index contributed by atoms with van der Waals surface area (Å²) in [6.45, 7) is 0.453. The first kappa shape index (κ1) is 21.1. The van der Waals surface area contributed by atoms with Crippen molar-refractivity contribution in [3.05, 3.63) is 137 Å². The first-order valence-electron chi connectivity index (χ1n) is 11.7. The summed E-state index contributed by atoms with van der Waals surface area (Å²) in [7, 11) is 0. The molecule has 4 aromatic carbocycles. The molecule has 1 amide bonds. The lowest BCUT2D eigenvalue weighted by atomic mass is 9.58. The summed E-state index contributed by atoms with van der Waals surface area (Å²) in [6, 6.07) is 34.9. The number of benzene rings is 4. The number of para-hydroxylation sites is 1. The zero-order valence-corrected chi connectivity index (χ0v) is 19.0. The van der Waals surface area contributed by atoms with Crippen molar-refractivity contribution in [2.24, 2.45) is 0 Å². The van der Waals surface area contributed by atoms with E-state index in [0.717, 1.165) is 27.9 Å². The Morgan fingerprint density at radius 2 is 1.46 bits per heavy atom. The number of nitriles is 1. The molecule has 0 bridgehead atoms. The molecule has 2 aliphatic rings. The molecule has 1 aliphatic carbocycles. The Labute approximate surface area is 204 Å². The van der Waals surface area contributed by atoms with Crippen LogP contribution in [0.25, 0.3) is 0 Å². The minimum atomic E-state index is -1.02. The molecule has 6 rings (SSSR count). The SMILES string of the molecule is N#Cc1ccc([C@@H]2CC(=O)c3ccccc3C23C(=O)N(Cc2ccccc2)c2ccccc23)cc1. The van der Waals surface area contributed by atoms with Crippen LogP contribution in [0.4, 0.5) is 5.69 Å². The van der Waals surface area contributed by atoms with E-state index < -0.39 is 5.41 Å². The zero-order valence-electron chi connectivity index (χ0n) is 19.0. The number of fused-ring (bicyclic) bond motifs is 4. The van der Waals surface area contributed by atoms with Crippen LogP contribution < -0.4 is 4.90 Å². The molecular formula is C31H22N2O2. The van der Waals surface area contributed by atoms with E-state index >= 15 is 0 Å². The first-order chi connectivity index (χ1) is 17.1. The summed E-state index contributed by atoms with van der Waals surface area (Å²) in [6.07, 6.45) is 0.224. The highest BCUT2D eigenvalue weighted by atomic mass is 16.2. The molecule has 0 saturated heterocycles. The van der Waals surface area contributed by atoms with Gasteiger partial charge in [-0.2, -0.15) is 5.26 Å². The van der Waals surface area contributed by atoms with Crippen LogP contribution in [0.3, 0.4) is 0 Å². The monoisotopic (exact) mass is 454 g/mol. The van der Waals surface area contributed by atoms with E-state index in [4.69, 9.17) is 0 Å². The van der Waals surface area contributed by atoms with E-state index in [1.54, 1.807) is 12.1 Å². The molecule has 1 spiro atoms. The Morgan fingerprint density at radius 3 is 2.20 bits per heavy atom. The van der Waals surface area contributed by atoms with Crippen LogP contribution in [-0.4, -0.2) is 11.7 Å². The first-order valence-corrected chi connectivity index (χ1v) is 11.7. The Morgan fingerprint density at radius 1 is 0.800 bits per heavy atom. The molecule has 1 unspecified atom stereocenters. The molecule has 1 aliphatic heterocycles. The normalized spacial score (nSPS) is 20.4. The molecule has 4 nitrogen and oxygen atoms in total. The summed E-state index contributed by atoms with van der Waals surface area (Å²) >= 11 is 0. The second-order valence-corrected chi connectivity index (χ2v) is 9.16. The molecule has 0 aromatic heterocycles. The predicted octanol–water partition coefficient (Wildman–Crippen LogP) is 5.76. The van der Waals surface area contributed by atoms with Crippen LogP contribution in [0.5, 0.6) is 0 Å². The molecule has 4 heteroatoms. The van der Waals surface area contributed by atoms with E-state index in [-0.39, 0.29) is 24.0 Å². The second kappa shape index (κ2) is 8.07. The van der Waals surface area contributed by atoms with Gasteiger partial charge in [0.05, 0.1) is 18.2 Å². The maximum atomic E-state index is 14.7. The molecule has 4 aromatic rings. The lowest BCUT2D eigenvalue weighted by molar-refractivity contribution is -0.122. The largest absolute Gasteiger partial charge is 0.307 e. The highest BCUT2D eigenvalue weighted by Crippen LogP contribution is 2.58. The van der Waals surface area contributed by atoms with Gasteiger partial charge in [0.25, 0.3) is 0 Å². The number of carbonyl (C=O) groups is 2. The van der Waals surface area contributed by atoms with E-state index in [1.807, 2.05) is 95.9 Å². The summed E-state index contributed by atoms with van der Waals surface area (Å²) < 4.78 is 0. The van der Waals surface area contributed by atoms with Crippen LogP contribution in [-0.2, 0) is 16.8 Å². The molecule has 35 heavy (non-hydrogen) atoms. The van der Waals surface area contributed by atoms with Gasteiger partial charge in [-0.05, 0) is 40.5 Å². The van der Waals surface area contributed by atoms with Gasteiger partial charge < -0.3 is 4.90 Å². The van der Waals surface area contributed by atoms with Crippen molar-refractivity contribution in [2.45, 2.75) is 24.3 Å². The number of carbonyl (C=O) groups excluding carboxylic acids is 2. The third kappa shape index (κ3) is 3.05. The number of hydrogen-bond donors (Lipinski definition) is 0. The summed E-state index contributed by atoms with van der Waals surface area (Å²) in [5, 5.41) is 9.30. The molecule has 2 atom stereocenters. The number of nitrogens with zero attached hydrogens (tertiary/aromatic N) is 2. The van der Waals surface area contributed by atoms with Crippen molar-refractivity contribution in [3.8, 4) is 6.07 Å². The fourth-order valence-electron chi connectivity index (χ4n) is 5.86. The van der Waals surface area contributed by atoms with Crippen molar-refractivity contribution >= 4 is 17.4 Å². The van der Waals surface area contributed by atoms with Gasteiger partial charge in [-0.3, -0.25) is 9.59 Å². The summed E-state index contributed by atoms with van der Waals surface area (Å²) in [4.78, 5) is 29.9. The van der Waals surface area contributed by atoms with Crippen LogP contribution in [0.15, 0.2) is 103 Å². The predicted molar refractivity (Wildman–Crippen MR) is 134 cm³/mol. The quantitative estimate of drug-likeness (QED) is 0.395. The summed E-state index contributed by atoms with van der Waals surface area (Å²) in [5.74, 6) is -0.365. The summed E-state index contributed by atoms with van der Waals surface area (Å²) in [5.41, 5.74) is 4.64. The van der Waals surface area contributed by atoms with Crippen LogP contribution in [0.1, 0.15) is 50.5 Å². The number of rotatable bonds is 3. The molecule has 0 radical (unpaired) electrons. The highest BCUT2D eigenvalue weighted by molar-refractivity contribution is 6.15. The van der Waals surface area contributed by atoms with Crippen LogP contribution >= 0.6 is 0 Å². The third-order valence-corrected chi connectivity index (χ3v) is 7.39. The van der Waals surface area contributed by atoms with Gasteiger partial charge in [-0.15, -0.1) is 0 Å². The van der Waals surface area contributed by atoms with Gasteiger partial charge in [0.15, 0.2) is 5.78 Å². The maximum absolute atomic E-state index is 14.7. The molecule has 0 saturated carbocycles.